The largest absolute Gasteiger partial charge is 0.462 e. The highest BCUT2D eigenvalue weighted by molar-refractivity contribution is 6.36. The van der Waals surface area contributed by atoms with Crippen molar-refractivity contribution in [1.82, 2.24) is 4.90 Å². The van der Waals surface area contributed by atoms with Gasteiger partial charge < -0.3 is 9.64 Å². The summed E-state index contributed by atoms with van der Waals surface area (Å²) in [5, 5.41) is 1.03. The summed E-state index contributed by atoms with van der Waals surface area (Å²) in [4.78, 5) is 14.6. The highest BCUT2D eigenvalue weighted by Gasteiger charge is 2.39. The molecule has 2 bridgehead atoms. The third-order valence-corrected chi connectivity index (χ3v) is 5.44. The molecule has 1 aromatic carbocycles. The first-order valence-corrected chi connectivity index (χ1v) is 8.14. The topological polar surface area (TPSA) is 29.5 Å². The summed E-state index contributed by atoms with van der Waals surface area (Å²) in [6.07, 6.45) is 4.48. The number of ether oxygens (including phenoxy) is 1. The maximum Gasteiger partial charge on any atom is 0.310 e. The Bertz CT molecular complexity index is 515. The minimum Gasteiger partial charge on any atom is -0.462 e. The van der Waals surface area contributed by atoms with Crippen LogP contribution in [0.25, 0.3) is 0 Å². The lowest BCUT2D eigenvalue weighted by atomic mass is 10.0. The van der Waals surface area contributed by atoms with Gasteiger partial charge in [0.05, 0.1) is 6.42 Å². The van der Waals surface area contributed by atoms with E-state index in [0.717, 1.165) is 12.8 Å². The normalized spacial score (nSPS) is 28.6. The Kier molecular flexibility index (Phi) is 4.43. The Labute approximate surface area is 135 Å². The van der Waals surface area contributed by atoms with E-state index in [1.165, 1.54) is 12.8 Å². The average molecular weight is 328 g/mol. The molecule has 0 amide bonds. The van der Waals surface area contributed by atoms with Crippen LogP contribution in [0.1, 0.15) is 31.2 Å². The number of benzene rings is 1. The number of esters is 1. The fraction of sp³-hybridized carbons (Fsp3) is 0.562. The number of carbonyl (C=O) groups excluding carboxylic acids is 1. The van der Waals surface area contributed by atoms with Crippen molar-refractivity contribution >= 4 is 29.2 Å². The molecule has 3 nitrogen and oxygen atoms in total. The number of hydrogen-bond acceptors (Lipinski definition) is 3. The second kappa shape index (κ2) is 6.15. The van der Waals surface area contributed by atoms with Crippen molar-refractivity contribution in [3.8, 4) is 0 Å². The predicted octanol–water partition coefficient (Wildman–Crippen LogP) is 3.70. The average Bonchev–Trinajstić information content (AvgIpc) is 2.65. The first-order valence-electron chi connectivity index (χ1n) is 7.39. The van der Waals surface area contributed by atoms with E-state index < -0.39 is 0 Å². The van der Waals surface area contributed by atoms with Gasteiger partial charge in [0.25, 0.3) is 0 Å². The number of carbonyl (C=O) groups is 1. The van der Waals surface area contributed by atoms with Crippen LogP contribution in [-0.4, -0.2) is 36.1 Å². The molecule has 2 aliphatic heterocycles. The molecule has 2 fully saturated rings. The predicted molar refractivity (Wildman–Crippen MR) is 83.9 cm³/mol. The summed E-state index contributed by atoms with van der Waals surface area (Å²) < 4.78 is 5.65. The number of halogens is 2. The van der Waals surface area contributed by atoms with Gasteiger partial charge in [-0.3, -0.25) is 4.79 Å². The molecule has 2 heterocycles. The zero-order valence-electron chi connectivity index (χ0n) is 12.0. The highest BCUT2D eigenvalue weighted by Crippen LogP contribution is 2.35. The van der Waals surface area contributed by atoms with Gasteiger partial charge in [0.2, 0.25) is 0 Å². The minimum absolute atomic E-state index is 0.0347. The number of hydrogen-bond donors (Lipinski definition) is 0. The van der Waals surface area contributed by atoms with E-state index in [-0.39, 0.29) is 18.5 Å². The Morgan fingerprint density at radius 2 is 1.81 bits per heavy atom. The smallest absolute Gasteiger partial charge is 0.310 e. The minimum atomic E-state index is -0.237. The van der Waals surface area contributed by atoms with E-state index in [1.807, 2.05) is 0 Å². The highest BCUT2D eigenvalue weighted by atomic mass is 35.5. The summed E-state index contributed by atoms with van der Waals surface area (Å²) in [5.74, 6) is -0.237. The molecular formula is C16H19Cl2NO2. The Morgan fingerprint density at radius 1 is 1.24 bits per heavy atom. The van der Waals surface area contributed by atoms with Crippen molar-refractivity contribution in [2.45, 2.75) is 50.3 Å². The molecule has 2 atom stereocenters. The molecule has 3 rings (SSSR count). The van der Waals surface area contributed by atoms with Crippen LogP contribution in [-0.2, 0) is 16.0 Å². The zero-order valence-corrected chi connectivity index (χ0v) is 13.5. The summed E-state index contributed by atoms with van der Waals surface area (Å²) in [6, 6.07) is 6.38. The van der Waals surface area contributed by atoms with Gasteiger partial charge in [0, 0.05) is 27.7 Å². The van der Waals surface area contributed by atoms with Crippen LogP contribution in [0.4, 0.5) is 0 Å². The molecule has 21 heavy (non-hydrogen) atoms. The van der Waals surface area contributed by atoms with Crippen molar-refractivity contribution < 1.29 is 9.53 Å². The molecule has 0 aliphatic carbocycles. The summed E-state index contributed by atoms with van der Waals surface area (Å²) in [5.41, 5.74) is 0.654. The Morgan fingerprint density at radius 3 is 2.38 bits per heavy atom. The van der Waals surface area contributed by atoms with Crippen LogP contribution >= 0.6 is 23.2 Å². The lowest BCUT2D eigenvalue weighted by Crippen LogP contribution is -2.43. The maximum absolute atomic E-state index is 12.1. The van der Waals surface area contributed by atoms with Crippen molar-refractivity contribution in [2.75, 3.05) is 7.05 Å². The first kappa shape index (κ1) is 15.1. The van der Waals surface area contributed by atoms with Crippen molar-refractivity contribution in [1.29, 1.82) is 0 Å². The number of fused-ring (bicyclic) bond motifs is 2. The molecule has 0 aromatic heterocycles. The van der Waals surface area contributed by atoms with E-state index >= 15 is 0 Å². The van der Waals surface area contributed by atoms with E-state index in [4.69, 9.17) is 27.9 Å². The lowest BCUT2D eigenvalue weighted by Gasteiger charge is -2.35. The molecule has 0 saturated carbocycles. The van der Waals surface area contributed by atoms with E-state index in [0.29, 0.717) is 27.7 Å². The fourth-order valence-corrected chi connectivity index (χ4v) is 4.06. The van der Waals surface area contributed by atoms with E-state index in [9.17, 15) is 4.79 Å². The molecule has 0 spiro atoms. The summed E-state index contributed by atoms with van der Waals surface area (Å²) in [6.45, 7) is 0. The van der Waals surface area contributed by atoms with Crippen LogP contribution in [0.15, 0.2) is 18.2 Å². The maximum atomic E-state index is 12.1. The summed E-state index contributed by atoms with van der Waals surface area (Å²) >= 11 is 12.2. The monoisotopic (exact) mass is 327 g/mol. The lowest BCUT2D eigenvalue weighted by molar-refractivity contribution is -0.151. The van der Waals surface area contributed by atoms with Gasteiger partial charge in [-0.1, -0.05) is 29.3 Å². The van der Waals surface area contributed by atoms with Crippen LogP contribution in [0.5, 0.6) is 0 Å². The number of piperidine rings is 1. The third kappa shape index (κ3) is 3.20. The molecule has 0 N–H and O–H groups in total. The van der Waals surface area contributed by atoms with Crippen molar-refractivity contribution in [3.05, 3.63) is 33.8 Å². The van der Waals surface area contributed by atoms with E-state index in [1.54, 1.807) is 18.2 Å². The second-order valence-electron chi connectivity index (χ2n) is 6.01. The molecule has 1 aromatic rings. The molecule has 2 unspecified atom stereocenters. The van der Waals surface area contributed by atoms with Gasteiger partial charge >= 0.3 is 5.97 Å². The van der Waals surface area contributed by atoms with Gasteiger partial charge in [-0.15, -0.1) is 0 Å². The quantitative estimate of drug-likeness (QED) is 0.793. The second-order valence-corrected chi connectivity index (χ2v) is 6.83. The van der Waals surface area contributed by atoms with Crippen LogP contribution < -0.4 is 0 Å². The summed E-state index contributed by atoms with van der Waals surface area (Å²) in [7, 11) is 2.17. The van der Waals surface area contributed by atoms with Gasteiger partial charge in [-0.2, -0.15) is 0 Å². The first-order chi connectivity index (χ1) is 10.0. The molecule has 2 saturated heterocycles. The van der Waals surface area contributed by atoms with Crippen LogP contribution in [0, 0.1) is 0 Å². The molecule has 5 heteroatoms. The zero-order chi connectivity index (χ0) is 15.0. The van der Waals surface area contributed by atoms with E-state index in [2.05, 4.69) is 11.9 Å². The van der Waals surface area contributed by atoms with Crippen molar-refractivity contribution in [3.63, 3.8) is 0 Å². The molecular weight excluding hydrogens is 309 g/mol. The third-order valence-electron chi connectivity index (χ3n) is 4.74. The van der Waals surface area contributed by atoms with Gasteiger partial charge in [0.15, 0.2) is 0 Å². The molecule has 114 valence electrons. The standard InChI is InChI=1S/C16H19Cl2NO2/c1-19-10-5-6-11(19)8-12(7-10)21-16(20)9-13-14(17)3-2-4-15(13)18/h2-4,10-12H,5-9H2,1H3. The van der Waals surface area contributed by atoms with Crippen molar-refractivity contribution in [2.24, 2.45) is 0 Å². The van der Waals surface area contributed by atoms with Gasteiger partial charge in [-0.05, 0) is 44.9 Å². The SMILES string of the molecule is CN1C2CCC1CC(OC(=O)Cc1c(Cl)cccc1Cl)C2. The fourth-order valence-electron chi connectivity index (χ4n) is 3.53. The van der Waals surface area contributed by atoms with Gasteiger partial charge in [0.1, 0.15) is 6.10 Å². The molecule has 2 aliphatic rings. The number of rotatable bonds is 3. The Hall–Kier alpha value is -0.770. The van der Waals surface area contributed by atoms with Crippen LogP contribution in [0.2, 0.25) is 10.0 Å². The van der Waals surface area contributed by atoms with Crippen LogP contribution in [0.3, 0.4) is 0 Å². The number of nitrogens with zero attached hydrogens (tertiary/aromatic N) is 1. The Balaban J connectivity index is 1.60. The van der Waals surface area contributed by atoms with Gasteiger partial charge in [-0.25, -0.2) is 0 Å². The molecule has 0 radical (unpaired) electrons.